The van der Waals surface area contributed by atoms with E-state index in [2.05, 4.69) is 5.32 Å². The van der Waals surface area contributed by atoms with E-state index in [1.807, 2.05) is 30.3 Å². The number of nitrogens with zero attached hydrogens (tertiary/aromatic N) is 2. The predicted octanol–water partition coefficient (Wildman–Crippen LogP) is 3.37. The Morgan fingerprint density at radius 3 is 2.59 bits per heavy atom. The molecule has 0 bridgehead atoms. The van der Waals surface area contributed by atoms with Gasteiger partial charge in [-0.2, -0.15) is 0 Å². The molecule has 148 valence electrons. The van der Waals surface area contributed by atoms with Gasteiger partial charge in [-0.1, -0.05) is 36.4 Å². The normalized spacial score (nSPS) is 15.1. The maximum atomic E-state index is 12.5. The minimum absolute atomic E-state index is 0.0104. The van der Waals surface area contributed by atoms with Crippen molar-refractivity contribution in [1.82, 2.24) is 10.2 Å². The maximum absolute atomic E-state index is 12.5. The molecule has 3 amide bonds. The highest BCUT2D eigenvalue weighted by Gasteiger charge is 2.34. The van der Waals surface area contributed by atoms with Gasteiger partial charge in [0.25, 0.3) is 22.7 Å². The van der Waals surface area contributed by atoms with Crippen LogP contribution in [0.25, 0.3) is 6.08 Å². The number of carbonyl (C=O) groups excluding carboxylic acids is 3. The Hall–Kier alpha value is -3.46. The standard InChI is InChI=1S/C20H17N3O5S/c1-13-15(8-5-9-16(13)23(27)28)18(24)21-10-11-22-19(25)17(29-20(22)26)12-14-6-3-2-4-7-14/h2-9,12H,10-11H2,1H3,(H,21,24)/b17-12-. The number of amides is 3. The van der Waals surface area contributed by atoms with Crippen LogP contribution in [0.4, 0.5) is 10.5 Å². The highest BCUT2D eigenvalue weighted by atomic mass is 32.2. The Morgan fingerprint density at radius 2 is 1.90 bits per heavy atom. The fourth-order valence-corrected chi connectivity index (χ4v) is 3.70. The van der Waals surface area contributed by atoms with Crippen molar-refractivity contribution in [2.45, 2.75) is 6.92 Å². The van der Waals surface area contributed by atoms with Crippen LogP contribution >= 0.6 is 11.8 Å². The highest BCUT2D eigenvalue weighted by Crippen LogP contribution is 2.31. The van der Waals surface area contributed by atoms with E-state index in [9.17, 15) is 24.5 Å². The van der Waals surface area contributed by atoms with Crippen molar-refractivity contribution >= 4 is 40.6 Å². The summed E-state index contributed by atoms with van der Waals surface area (Å²) in [6, 6.07) is 13.4. The number of nitro groups is 1. The van der Waals surface area contributed by atoms with E-state index in [1.165, 1.54) is 25.1 Å². The first-order valence-electron chi connectivity index (χ1n) is 8.71. The predicted molar refractivity (Wildman–Crippen MR) is 109 cm³/mol. The number of nitrogens with one attached hydrogen (secondary N) is 1. The van der Waals surface area contributed by atoms with E-state index < -0.39 is 22.0 Å². The lowest BCUT2D eigenvalue weighted by Gasteiger charge is -2.13. The molecule has 1 saturated heterocycles. The zero-order chi connectivity index (χ0) is 21.0. The second-order valence-corrected chi connectivity index (χ2v) is 7.20. The van der Waals surface area contributed by atoms with Gasteiger partial charge in [0.05, 0.1) is 9.83 Å². The Morgan fingerprint density at radius 1 is 1.17 bits per heavy atom. The van der Waals surface area contributed by atoms with E-state index in [1.54, 1.807) is 6.08 Å². The number of hydrogen-bond donors (Lipinski definition) is 1. The van der Waals surface area contributed by atoms with Gasteiger partial charge in [0.1, 0.15) is 0 Å². The van der Waals surface area contributed by atoms with Crippen LogP contribution in [0.5, 0.6) is 0 Å². The molecule has 1 N–H and O–H groups in total. The fourth-order valence-electron chi connectivity index (χ4n) is 2.84. The largest absolute Gasteiger partial charge is 0.350 e. The number of benzene rings is 2. The average Bonchev–Trinajstić information content (AvgIpc) is 2.96. The van der Waals surface area contributed by atoms with Gasteiger partial charge in [-0.05, 0) is 36.4 Å². The van der Waals surface area contributed by atoms with E-state index in [0.717, 1.165) is 22.2 Å². The number of rotatable bonds is 6. The molecule has 0 radical (unpaired) electrons. The molecule has 0 saturated carbocycles. The number of hydrogen-bond acceptors (Lipinski definition) is 6. The summed E-state index contributed by atoms with van der Waals surface area (Å²) in [5, 5.41) is 13.2. The van der Waals surface area contributed by atoms with E-state index in [-0.39, 0.29) is 29.9 Å². The molecular weight excluding hydrogens is 394 g/mol. The molecule has 9 heteroatoms. The summed E-state index contributed by atoms with van der Waals surface area (Å²) in [7, 11) is 0. The van der Waals surface area contributed by atoms with Gasteiger partial charge in [-0.15, -0.1) is 0 Å². The zero-order valence-corrected chi connectivity index (χ0v) is 16.3. The zero-order valence-electron chi connectivity index (χ0n) is 15.5. The molecule has 0 spiro atoms. The topological polar surface area (TPSA) is 110 Å². The molecule has 1 aliphatic heterocycles. The average molecular weight is 411 g/mol. The fraction of sp³-hybridized carbons (Fsp3) is 0.150. The molecule has 1 aliphatic rings. The summed E-state index contributed by atoms with van der Waals surface area (Å²) >= 11 is 0.850. The van der Waals surface area contributed by atoms with E-state index in [4.69, 9.17) is 0 Å². The lowest BCUT2D eigenvalue weighted by molar-refractivity contribution is -0.385. The first kappa shape index (κ1) is 20.3. The summed E-state index contributed by atoms with van der Waals surface area (Å²) in [5.74, 6) is -0.914. The number of imide groups is 1. The molecule has 2 aromatic rings. The minimum Gasteiger partial charge on any atom is -0.350 e. The first-order chi connectivity index (χ1) is 13.9. The maximum Gasteiger partial charge on any atom is 0.293 e. The summed E-state index contributed by atoms with van der Waals surface area (Å²) < 4.78 is 0. The number of carbonyl (C=O) groups is 3. The van der Waals surface area contributed by atoms with Crippen LogP contribution in [0, 0.1) is 17.0 Å². The Kier molecular flexibility index (Phi) is 6.08. The summed E-state index contributed by atoms with van der Waals surface area (Å²) in [6.07, 6.45) is 1.65. The van der Waals surface area contributed by atoms with Crippen LogP contribution in [0.2, 0.25) is 0 Å². The van der Waals surface area contributed by atoms with E-state index in [0.29, 0.717) is 4.91 Å². The van der Waals surface area contributed by atoms with Gasteiger partial charge in [-0.25, -0.2) is 0 Å². The Balaban J connectivity index is 1.62. The number of thioether (sulfide) groups is 1. The quantitative estimate of drug-likeness (QED) is 0.443. The molecule has 2 aromatic carbocycles. The molecule has 0 unspecified atom stereocenters. The molecule has 29 heavy (non-hydrogen) atoms. The highest BCUT2D eigenvalue weighted by molar-refractivity contribution is 8.18. The van der Waals surface area contributed by atoms with Crippen LogP contribution in [-0.4, -0.2) is 40.0 Å². The molecule has 0 aliphatic carbocycles. The second-order valence-electron chi connectivity index (χ2n) is 6.21. The third-order valence-corrected chi connectivity index (χ3v) is 5.25. The van der Waals surface area contributed by atoms with Crippen molar-refractivity contribution in [2.75, 3.05) is 13.1 Å². The molecular formula is C20H17N3O5S. The summed E-state index contributed by atoms with van der Waals surface area (Å²) in [6.45, 7) is 1.55. The Bertz CT molecular complexity index is 1020. The first-order valence-corrected chi connectivity index (χ1v) is 9.52. The molecule has 0 aromatic heterocycles. The molecule has 3 rings (SSSR count). The van der Waals surface area contributed by atoms with Crippen LogP contribution in [0.3, 0.4) is 0 Å². The smallest absolute Gasteiger partial charge is 0.293 e. The van der Waals surface area contributed by atoms with Crippen molar-refractivity contribution < 1.29 is 19.3 Å². The van der Waals surface area contributed by atoms with E-state index >= 15 is 0 Å². The van der Waals surface area contributed by atoms with Crippen molar-refractivity contribution in [3.05, 3.63) is 80.2 Å². The van der Waals surface area contributed by atoms with Gasteiger partial charge in [0, 0.05) is 30.3 Å². The molecule has 0 atom stereocenters. The van der Waals surface area contributed by atoms with Gasteiger partial charge in [0.2, 0.25) is 0 Å². The van der Waals surface area contributed by atoms with Gasteiger partial charge < -0.3 is 5.32 Å². The lowest BCUT2D eigenvalue weighted by Crippen LogP contribution is -2.37. The van der Waals surface area contributed by atoms with Crippen LogP contribution in [0.15, 0.2) is 53.4 Å². The SMILES string of the molecule is Cc1c(C(=O)NCCN2C(=O)S/C(=C\c3ccccc3)C2=O)cccc1[N+](=O)[O-]. The molecule has 1 fully saturated rings. The van der Waals surface area contributed by atoms with Gasteiger partial charge >= 0.3 is 0 Å². The lowest BCUT2D eigenvalue weighted by atomic mass is 10.1. The summed E-state index contributed by atoms with van der Waals surface area (Å²) in [5.41, 5.74) is 1.10. The third kappa shape index (κ3) is 4.52. The Labute approximate surface area is 170 Å². The van der Waals surface area contributed by atoms with Crippen molar-refractivity contribution in [2.24, 2.45) is 0 Å². The van der Waals surface area contributed by atoms with Crippen LogP contribution in [0.1, 0.15) is 21.5 Å². The van der Waals surface area contributed by atoms with Crippen molar-refractivity contribution in [3.63, 3.8) is 0 Å². The van der Waals surface area contributed by atoms with Crippen LogP contribution < -0.4 is 5.32 Å². The molecule has 8 nitrogen and oxygen atoms in total. The monoisotopic (exact) mass is 411 g/mol. The van der Waals surface area contributed by atoms with Gasteiger partial charge in [0.15, 0.2) is 0 Å². The van der Waals surface area contributed by atoms with Crippen molar-refractivity contribution in [1.29, 1.82) is 0 Å². The van der Waals surface area contributed by atoms with Crippen molar-refractivity contribution in [3.8, 4) is 0 Å². The number of nitro benzene ring substituents is 1. The second kappa shape index (κ2) is 8.70. The molecule has 1 heterocycles. The third-order valence-electron chi connectivity index (χ3n) is 4.34. The minimum atomic E-state index is -0.550. The van der Waals surface area contributed by atoms with Gasteiger partial charge in [-0.3, -0.25) is 29.4 Å². The summed E-state index contributed by atoms with van der Waals surface area (Å²) in [4.78, 5) is 48.8. The van der Waals surface area contributed by atoms with Crippen LogP contribution in [-0.2, 0) is 4.79 Å².